The minimum atomic E-state index is -0.863. The molecule has 0 amide bonds. The van der Waals surface area contributed by atoms with Crippen LogP contribution in [0.3, 0.4) is 0 Å². The first-order valence-electron chi connectivity index (χ1n) is 4.06. The highest BCUT2D eigenvalue weighted by Crippen LogP contribution is 2.06. The van der Waals surface area contributed by atoms with Gasteiger partial charge in [0.1, 0.15) is 0 Å². The molecule has 1 aromatic carbocycles. The second kappa shape index (κ2) is 5.36. The molecule has 0 bridgehead atoms. The van der Waals surface area contributed by atoms with Gasteiger partial charge in [0.25, 0.3) is 0 Å². The van der Waals surface area contributed by atoms with Gasteiger partial charge in [-0.3, -0.25) is 0 Å². The number of aryl methyl sites for hydroxylation is 1. The Labute approximate surface area is 79.2 Å². The third-order valence-corrected chi connectivity index (χ3v) is 1.74. The highest BCUT2D eigenvalue weighted by atomic mass is 16.4. The lowest BCUT2D eigenvalue weighted by Gasteiger charge is -1.98. The van der Waals surface area contributed by atoms with E-state index in [0.29, 0.717) is 5.56 Å². The Balaban J connectivity index is 0.00000144. The van der Waals surface area contributed by atoms with Gasteiger partial charge in [-0.2, -0.15) is 0 Å². The quantitative estimate of drug-likeness (QED) is 0.776. The van der Waals surface area contributed by atoms with E-state index in [4.69, 9.17) is 5.11 Å². The minimum Gasteiger partial charge on any atom is -0.478 e. The second-order valence-electron chi connectivity index (χ2n) is 2.75. The molecule has 0 aromatic heterocycles. The Morgan fingerprint density at radius 2 is 1.85 bits per heavy atom. The molecular formula is C11H16O2. The van der Waals surface area contributed by atoms with E-state index in [-0.39, 0.29) is 7.43 Å². The summed E-state index contributed by atoms with van der Waals surface area (Å²) in [6.07, 6.45) is 2.10. The summed E-state index contributed by atoms with van der Waals surface area (Å²) in [6, 6.07) is 7.03. The molecule has 1 rings (SSSR count). The zero-order valence-electron chi connectivity index (χ0n) is 7.08. The molecule has 1 N–H and O–H groups in total. The van der Waals surface area contributed by atoms with E-state index >= 15 is 0 Å². The summed E-state index contributed by atoms with van der Waals surface area (Å²) in [5.41, 5.74) is 1.55. The maximum atomic E-state index is 10.5. The summed E-state index contributed by atoms with van der Waals surface area (Å²) in [5, 5.41) is 8.61. The van der Waals surface area contributed by atoms with Crippen molar-refractivity contribution in [1.29, 1.82) is 0 Å². The smallest absolute Gasteiger partial charge is 0.335 e. The molecule has 2 nitrogen and oxygen atoms in total. The molecule has 0 heterocycles. The predicted octanol–water partition coefficient (Wildman–Crippen LogP) is 2.97. The van der Waals surface area contributed by atoms with Crippen molar-refractivity contribution in [2.24, 2.45) is 0 Å². The van der Waals surface area contributed by atoms with Crippen molar-refractivity contribution in [2.45, 2.75) is 27.2 Å². The first kappa shape index (κ1) is 11.7. The topological polar surface area (TPSA) is 37.3 Å². The van der Waals surface area contributed by atoms with E-state index in [1.165, 1.54) is 5.56 Å². The van der Waals surface area contributed by atoms with Gasteiger partial charge in [-0.25, -0.2) is 4.79 Å². The Morgan fingerprint density at radius 1 is 1.31 bits per heavy atom. The molecule has 2 heteroatoms. The lowest BCUT2D eigenvalue weighted by molar-refractivity contribution is 0.0697. The summed E-state index contributed by atoms with van der Waals surface area (Å²) < 4.78 is 0. The Kier molecular flexibility index (Phi) is 4.82. The van der Waals surface area contributed by atoms with Crippen molar-refractivity contribution in [2.75, 3.05) is 0 Å². The number of hydrogen-bond donors (Lipinski definition) is 1. The Bertz CT molecular complexity index is 262. The van der Waals surface area contributed by atoms with Crippen molar-refractivity contribution in [1.82, 2.24) is 0 Å². The number of benzene rings is 1. The standard InChI is InChI=1S/C10H12O2.CH4/c1-2-3-8-4-6-9(7-5-8)10(11)12;/h4-7H,2-3H2,1H3,(H,11,12);1H4. The number of carboxylic acid groups (broad SMARTS) is 1. The molecule has 0 saturated carbocycles. The fourth-order valence-electron chi connectivity index (χ4n) is 1.10. The molecule has 0 fully saturated rings. The molecule has 72 valence electrons. The van der Waals surface area contributed by atoms with E-state index in [1.54, 1.807) is 12.1 Å². The van der Waals surface area contributed by atoms with Gasteiger partial charge < -0.3 is 5.11 Å². The van der Waals surface area contributed by atoms with Crippen LogP contribution in [0.5, 0.6) is 0 Å². The van der Waals surface area contributed by atoms with Crippen molar-refractivity contribution in [3.8, 4) is 0 Å². The zero-order valence-corrected chi connectivity index (χ0v) is 7.08. The van der Waals surface area contributed by atoms with Crippen LogP contribution in [0.25, 0.3) is 0 Å². The van der Waals surface area contributed by atoms with Crippen LogP contribution in [0.1, 0.15) is 36.7 Å². The van der Waals surface area contributed by atoms with Crippen LogP contribution in [-0.2, 0) is 6.42 Å². The molecule has 0 aliphatic rings. The number of carboxylic acids is 1. The van der Waals surface area contributed by atoms with Gasteiger partial charge in [-0.15, -0.1) is 0 Å². The molecule has 0 aliphatic carbocycles. The highest BCUT2D eigenvalue weighted by molar-refractivity contribution is 5.87. The van der Waals surface area contributed by atoms with Crippen molar-refractivity contribution >= 4 is 5.97 Å². The molecular weight excluding hydrogens is 164 g/mol. The predicted molar refractivity (Wildman–Crippen MR) is 54.1 cm³/mol. The van der Waals surface area contributed by atoms with Crippen molar-refractivity contribution < 1.29 is 9.90 Å². The highest BCUT2D eigenvalue weighted by Gasteiger charge is 2.00. The monoisotopic (exact) mass is 180 g/mol. The molecule has 0 unspecified atom stereocenters. The third-order valence-electron chi connectivity index (χ3n) is 1.74. The number of aromatic carboxylic acids is 1. The molecule has 1 aromatic rings. The van der Waals surface area contributed by atoms with E-state index in [2.05, 4.69) is 6.92 Å². The normalized spacial score (nSPS) is 9.00. The maximum Gasteiger partial charge on any atom is 0.335 e. The summed E-state index contributed by atoms with van der Waals surface area (Å²) in [4.78, 5) is 10.5. The van der Waals surface area contributed by atoms with Gasteiger partial charge >= 0.3 is 5.97 Å². The van der Waals surface area contributed by atoms with Crippen LogP contribution in [-0.4, -0.2) is 11.1 Å². The summed E-state index contributed by atoms with van der Waals surface area (Å²) in [5.74, 6) is -0.863. The van der Waals surface area contributed by atoms with E-state index < -0.39 is 5.97 Å². The first-order valence-corrected chi connectivity index (χ1v) is 4.06. The minimum absolute atomic E-state index is 0. The van der Waals surface area contributed by atoms with Crippen LogP contribution in [0, 0.1) is 0 Å². The van der Waals surface area contributed by atoms with E-state index in [9.17, 15) is 4.79 Å². The van der Waals surface area contributed by atoms with Crippen LogP contribution in [0.4, 0.5) is 0 Å². The number of rotatable bonds is 3. The lowest BCUT2D eigenvalue weighted by atomic mass is 10.1. The molecule has 0 aliphatic heterocycles. The van der Waals surface area contributed by atoms with Gasteiger partial charge in [0.15, 0.2) is 0 Å². The average Bonchev–Trinajstić information content (AvgIpc) is 2.06. The number of carbonyl (C=O) groups is 1. The van der Waals surface area contributed by atoms with Crippen molar-refractivity contribution in [3.63, 3.8) is 0 Å². The Hall–Kier alpha value is -1.31. The largest absolute Gasteiger partial charge is 0.478 e. The Morgan fingerprint density at radius 3 is 2.23 bits per heavy atom. The SMILES string of the molecule is C.CCCc1ccc(C(=O)O)cc1. The summed E-state index contributed by atoms with van der Waals surface area (Å²) in [7, 11) is 0. The molecule has 0 radical (unpaired) electrons. The van der Waals surface area contributed by atoms with Gasteiger partial charge in [-0.05, 0) is 24.1 Å². The lowest BCUT2D eigenvalue weighted by Crippen LogP contribution is -1.95. The molecule has 0 atom stereocenters. The van der Waals surface area contributed by atoms with Crippen LogP contribution in [0.15, 0.2) is 24.3 Å². The van der Waals surface area contributed by atoms with Crippen LogP contribution >= 0.6 is 0 Å². The van der Waals surface area contributed by atoms with Crippen LogP contribution < -0.4 is 0 Å². The molecule has 13 heavy (non-hydrogen) atoms. The molecule has 0 spiro atoms. The number of hydrogen-bond acceptors (Lipinski definition) is 1. The third kappa shape index (κ3) is 3.28. The van der Waals surface area contributed by atoms with Crippen LogP contribution in [0.2, 0.25) is 0 Å². The first-order chi connectivity index (χ1) is 5.74. The fraction of sp³-hybridized carbons (Fsp3) is 0.364. The summed E-state index contributed by atoms with van der Waals surface area (Å²) in [6.45, 7) is 2.10. The second-order valence-corrected chi connectivity index (χ2v) is 2.75. The van der Waals surface area contributed by atoms with Crippen molar-refractivity contribution in [3.05, 3.63) is 35.4 Å². The van der Waals surface area contributed by atoms with Gasteiger partial charge in [0, 0.05) is 0 Å². The van der Waals surface area contributed by atoms with Gasteiger partial charge in [0.2, 0.25) is 0 Å². The van der Waals surface area contributed by atoms with Gasteiger partial charge in [-0.1, -0.05) is 32.9 Å². The van der Waals surface area contributed by atoms with E-state index in [1.807, 2.05) is 12.1 Å². The van der Waals surface area contributed by atoms with Gasteiger partial charge in [0.05, 0.1) is 5.56 Å². The average molecular weight is 180 g/mol. The zero-order chi connectivity index (χ0) is 8.97. The summed E-state index contributed by atoms with van der Waals surface area (Å²) >= 11 is 0. The van der Waals surface area contributed by atoms with E-state index in [0.717, 1.165) is 12.8 Å². The molecule has 0 saturated heterocycles. The maximum absolute atomic E-state index is 10.5. The fourth-order valence-corrected chi connectivity index (χ4v) is 1.10.